The predicted octanol–water partition coefficient (Wildman–Crippen LogP) is 4.07. The van der Waals surface area contributed by atoms with E-state index in [0.29, 0.717) is 17.7 Å². The minimum absolute atomic E-state index is 0.133. The number of amides is 1. The molecule has 4 rings (SSSR count). The molecule has 0 saturated carbocycles. The van der Waals surface area contributed by atoms with Crippen LogP contribution in [0, 0.1) is 6.92 Å². The fourth-order valence-corrected chi connectivity index (χ4v) is 3.70. The second-order valence-corrected chi connectivity index (χ2v) is 7.99. The summed E-state index contributed by atoms with van der Waals surface area (Å²) in [5.41, 5.74) is 9.22. The zero-order valence-corrected chi connectivity index (χ0v) is 16.8. The van der Waals surface area contributed by atoms with Crippen LogP contribution in [-0.2, 0) is 0 Å². The van der Waals surface area contributed by atoms with Gasteiger partial charge in [0.25, 0.3) is 5.91 Å². The van der Waals surface area contributed by atoms with Gasteiger partial charge in [-0.15, -0.1) is 0 Å². The summed E-state index contributed by atoms with van der Waals surface area (Å²) in [4.78, 5) is 21.6. The Balaban J connectivity index is 1.69. The van der Waals surface area contributed by atoms with E-state index in [1.54, 1.807) is 0 Å². The summed E-state index contributed by atoms with van der Waals surface area (Å²) in [6, 6.07) is 15.4. The SMILES string of the molecule is Cc1ccc2c(c1)OC(C)(C)C[C@@H]2NC(=O)c1cnc(N)nc1-c1ccccc1. The van der Waals surface area contributed by atoms with Crippen molar-refractivity contribution >= 4 is 11.9 Å². The topological polar surface area (TPSA) is 90.1 Å². The number of aryl methyl sites for hydroxylation is 1. The molecule has 0 saturated heterocycles. The molecule has 6 nitrogen and oxygen atoms in total. The third kappa shape index (κ3) is 3.92. The van der Waals surface area contributed by atoms with Crippen molar-refractivity contribution in [2.45, 2.75) is 38.8 Å². The molecule has 3 N–H and O–H groups in total. The van der Waals surface area contributed by atoms with Crippen molar-refractivity contribution in [3.63, 3.8) is 0 Å². The molecule has 0 unspecified atom stereocenters. The van der Waals surface area contributed by atoms with Crippen LogP contribution in [0.4, 0.5) is 5.95 Å². The van der Waals surface area contributed by atoms with E-state index in [9.17, 15) is 4.79 Å². The van der Waals surface area contributed by atoms with Gasteiger partial charge in [0, 0.05) is 23.7 Å². The second-order valence-electron chi connectivity index (χ2n) is 7.99. The van der Waals surface area contributed by atoms with Crippen LogP contribution in [0.15, 0.2) is 54.7 Å². The number of benzene rings is 2. The average Bonchev–Trinajstić information content (AvgIpc) is 2.67. The molecule has 1 aliphatic heterocycles. The number of carbonyl (C=O) groups excluding carboxylic acids is 1. The van der Waals surface area contributed by atoms with Gasteiger partial charge in [-0.3, -0.25) is 4.79 Å². The number of fused-ring (bicyclic) bond motifs is 1. The number of nitrogens with zero attached hydrogens (tertiary/aromatic N) is 2. The molecule has 1 atom stereocenters. The van der Waals surface area contributed by atoms with Crippen LogP contribution in [-0.4, -0.2) is 21.5 Å². The number of nitrogens with one attached hydrogen (secondary N) is 1. The van der Waals surface area contributed by atoms with E-state index < -0.39 is 5.60 Å². The molecule has 29 heavy (non-hydrogen) atoms. The number of hydrogen-bond donors (Lipinski definition) is 2. The first-order chi connectivity index (χ1) is 13.8. The Morgan fingerprint density at radius 1 is 1.21 bits per heavy atom. The van der Waals surface area contributed by atoms with Crippen LogP contribution in [0.3, 0.4) is 0 Å². The van der Waals surface area contributed by atoms with Gasteiger partial charge in [-0.2, -0.15) is 0 Å². The number of hydrogen-bond acceptors (Lipinski definition) is 5. The quantitative estimate of drug-likeness (QED) is 0.706. The predicted molar refractivity (Wildman–Crippen MR) is 113 cm³/mol. The van der Waals surface area contributed by atoms with Crippen molar-refractivity contribution in [3.8, 4) is 17.0 Å². The first-order valence-corrected chi connectivity index (χ1v) is 9.61. The summed E-state index contributed by atoms with van der Waals surface area (Å²) >= 11 is 0. The summed E-state index contributed by atoms with van der Waals surface area (Å²) < 4.78 is 6.13. The maximum atomic E-state index is 13.2. The molecular formula is C23H24N4O2. The number of aromatic nitrogens is 2. The lowest BCUT2D eigenvalue weighted by Gasteiger charge is -2.38. The largest absolute Gasteiger partial charge is 0.487 e. The normalized spacial score (nSPS) is 17.1. The van der Waals surface area contributed by atoms with Gasteiger partial charge in [0.1, 0.15) is 11.4 Å². The molecule has 3 aromatic rings. The Kier molecular flexibility index (Phi) is 4.70. The lowest BCUT2D eigenvalue weighted by atomic mass is 9.89. The van der Waals surface area contributed by atoms with Gasteiger partial charge < -0.3 is 15.8 Å². The highest BCUT2D eigenvalue weighted by molar-refractivity contribution is 6.00. The van der Waals surface area contributed by atoms with E-state index in [-0.39, 0.29) is 17.9 Å². The van der Waals surface area contributed by atoms with Crippen molar-refractivity contribution in [3.05, 3.63) is 71.4 Å². The smallest absolute Gasteiger partial charge is 0.255 e. The van der Waals surface area contributed by atoms with E-state index >= 15 is 0 Å². The van der Waals surface area contributed by atoms with Crippen LogP contribution >= 0.6 is 0 Å². The monoisotopic (exact) mass is 388 g/mol. The highest BCUT2D eigenvalue weighted by atomic mass is 16.5. The van der Waals surface area contributed by atoms with Gasteiger partial charge in [-0.25, -0.2) is 9.97 Å². The van der Waals surface area contributed by atoms with Crippen molar-refractivity contribution in [1.29, 1.82) is 0 Å². The molecule has 148 valence electrons. The van der Waals surface area contributed by atoms with E-state index in [4.69, 9.17) is 10.5 Å². The van der Waals surface area contributed by atoms with Crippen LogP contribution in [0.1, 0.15) is 47.8 Å². The number of carbonyl (C=O) groups is 1. The third-order valence-corrected chi connectivity index (χ3v) is 5.03. The van der Waals surface area contributed by atoms with E-state index in [1.807, 2.05) is 69.3 Å². The molecule has 1 amide bonds. The second kappa shape index (κ2) is 7.20. The van der Waals surface area contributed by atoms with Crippen molar-refractivity contribution in [2.75, 3.05) is 5.73 Å². The lowest BCUT2D eigenvalue weighted by molar-refractivity contribution is 0.0619. The van der Waals surface area contributed by atoms with Crippen molar-refractivity contribution in [2.24, 2.45) is 0 Å². The van der Waals surface area contributed by atoms with Crippen LogP contribution in [0.25, 0.3) is 11.3 Å². The number of ether oxygens (including phenoxy) is 1. The first-order valence-electron chi connectivity index (χ1n) is 9.61. The Morgan fingerprint density at radius 2 is 1.97 bits per heavy atom. The molecule has 0 radical (unpaired) electrons. The molecule has 2 heterocycles. The number of rotatable bonds is 3. The Hall–Kier alpha value is -3.41. The van der Waals surface area contributed by atoms with Gasteiger partial charge in [-0.1, -0.05) is 42.5 Å². The standard InChI is InChI=1S/C23H24N4O2/c1-14-9-10-16-18(12-23(2,3)29-19(16)11-14)26-21(28)17-13-25-22(24)27-20(17)15-7-5-4-6-8-15/h4-11,13,18H,12H2,1-3H3,(H,26,28)(H2,24,25,27)/t18-/m0/s1. The van der Waals surface area contributed by atoms with Crippen LogP contribution < -0.4 is 15.8 Å². The Morgan fingerprint density at radius 3 is 2.72 bits per heavy atom. The van der Waals surface area contributed by atoms with Gasteiger partial charge in [0.15, 0.2) is 0 Å². The molecule has 1 aromatic heterocycles. The zero-order chi connectivity index (χ0) is 20.6. The summed E-state index contributed by atoms with van der Waals surface area (Å²) in [6.07, 6.45) is 2.14. The molecule has 2 aromatic carbocycles. The molecular weight excluding hydrogens is 364 g/mol. The van der Waals surface area contributed by atoms with Crippen molar-refractivity contribution < 1.29 is 9.53 Å². The summed E-state index contributed by atoms with van der Waals surface area (Å²) in [6.45, 7) is 6.08. The Labute approximate surface area is 170 Å². The van der Waals surface area contributed by atoms with E-state index in [2.05, 4.69) is 15.3 Å². The molecule has 0 spiro atoms. The van der Waals surface area contributed by atoms with Gasteiger partial charge >= 0.3 is 0 Å². The van der Waals surface area contributed by atoms with Crippen LogP contribution in [0.5, 0.6) is 5.75 Å². The molecule has 0 aliphatic carbocycles. The maximum absolute atomic E-state index is 13.2. The Bertz CT molecular complexity index is 1060. The number of nitrogens with two attached hydrogens (primary N) is 1. The average molecular weight is 388 g/mol. The highest BCUT2D eigenvalue weighted by Gasteiger charge is 2.35. The van der Waals surface area contributed by atoms with E-state index in [0.717, 1.165) is 22.4 Å². The summed E-state index contributed by atoms with van der Waals surface area (Å²) in [5, 5.41) is 3.16. The van der Waals surface area contributed by atoms with Gasteiger partial charge in [-0.05, 0) is 32.4 Å². The van der Waals surface area contributed by atoms with Gasteiger partial charge in [0.05, 0.1) is 17.3 Å². The van der Waals surface area contributed by atoms with E-state index in [1.165, 1.54) is 6.20 Å². The number of anilines is 1. The fraction of sp³-hybridized carbons (Fsp3) is 0.261. The van der Waals surface area contributed by atoms with Crippen LogP contribution in [0.2, 0.25) is 0 Å². The first kappa shape index (κ1) is 18.9. The fourth-order valence-electron chi connectivity index (χ4n) is 3.70. The lowest BCUT2D eigenvalue weighted by Crippen LogP contribution is -2.41. The number of nitrogen functional groups attached to an aromatic ring is 1. The molecule has 1 aliphatic rings. The zero-order valence-electron chi connectivity index (χ0n) is 16.8. The summed E-state index contributed by atoms with van der Waals surface area (Å²) in [7, 11) is 0. The van der Waals surface area contributed by atoms with Crippen molar-refractivity contribution in [1.82, 2.24) is 15.3 Å². The maximum Gasteiger partial charge on any atom is 0.255 e. The molecule has 0 bridgehead atoms. The minimum atomic E-state index is -0.390. The molecule has 6 heteroatoms. The summed E-state index contributed by atoms with van der Waals surface area (Å²) in [5.74, 6) is 0.704. The van der Waals surface area contributed by atoms with Gasteiger partial charge in [0.2, 0.25) is 5.95 Å². The highest BCUT2D eigenvalue weighted by Crippen LogP contribution is 2.40. The third-order valence-electron chi connectivity index (χ3n) is 5.03. The minimum Gasteiger partial charge on any atom is -0.487 e. The molecule has 0 fully saturated rings.